The number of nitrogens with one attached hydrogen (secondary N) is 1. The molecule has 2 atom stereocenters. The van der Waals surface area contributed by atoms with Gasteiger partial charge in [0.1, 0.15) is 11.1 Å². The molecule has 1 aliphatic rings. The van der Waals surface area contributed by atoms with E-state index in [2.05, 4.69) is 5.32 Å². The van der Waals surface area contributed by atoms with Crippen LogP contribution in [-0.2, 0) is 9.53 Å². The van der Waals surface area contributed by atoms with Crippen molar-refractivity contribution in [2.24, 2.45) is 11.7 Å². The van der Waals surface area contributed by atoms with E-state index in [1.54, 1.807) is 20.8 Å². The lowest BCUT2D eigenvalue weighted by atomic mass is 9.98. The standard InChI is InChI=1S/C12H22N2O4/c1-11(2,3)18-10(17)14-7-8-4-5-12(13,6-8)9(15)16/h8H,4-7,13H2,1-3H3,(H,14,17)(H,15,16). The summed E-state index contributed by atoms with van der Waals surface area (Å²) in [4.78, 5) is 22.4. The van der Waals surface area contributed by atoms with Gasteiger partial charge in [0, 0.05) is 6.54 Å². The van der Waals surface area contributed by atoms with E-state index in [0.29, 0.717) is 25.8 Å². The third-order valence-electron chi connectivity index (χ3n) is 3.01. The number of carboxylic acids is 1. The van der Waals surface area contributed by atoms with Gasteiger partial charge in [0.25, 0.3) is 0 Å². The van der Waals surface area contributed by atoms with E-state index in [4.69, 9.17) is 15.6 Å². The van der Waals surface area contributed by atoms with Crippen LogP contribution in [0, 0.1) is 5.92 Å². The molecule has 2 unspecified atom stereocenters. The highest BCUT2D eigenvalue weighted by molar-refractivity contribution is 5.78. The Bertz CT molecular complexity index is 337. The fourth-order valence-corrected chi connectivity index (χ4v) is 2.09. The fraction of sp³-hybridized carbons (Fsp3) is 0.833. The molecule has 0 spiro atoms. The first kappa shape index (κ1) is 14.8. The number of rotatable bonds is 3. The van der Waals surface area contributed by atoms with E-state index in [1.807, 2.05) is 0 Å². The molecule has 0 aromatic rings. The van der Waals surface area contributed by atoms with Crippen molar-refractivity contribution >= 4 is 12.1 Å². The van der Waals surface area contributed by atoms with Crippen LogP contribution in [0.2, 0.25) is 0 Å². The van der Waals surface area contributed by atoms with E-state index in [-0.39, 0.29) is 5.92 Å². The largest absolute Gasteiger partial charge is 0.480 e. The van der Waals surface area contributed by atoms with Crippen molar-refractivity contribution in [3.05, 3.63) is 0 Å². The van der Waals surface area contributed by atoms with Crippen molar-refractivity contribution < 1.29 is 19.4 Å². The zero-order valence-electron chi connectivity index (χ0n) is 11.2. The van der Waals surface area contributed by atoms with Crippen LogP contribution in [-0.4, -0.2) is 34.9 Å². The van der Waals surface area contributed by atoms with Gasteiger partial charge >= 0.3 is 12.1 Å². The maximum Gasteiger partial charge on any atom is 0.407 e. The van der Waals surface area contributed by atoms with Crippen LogP contribution >= 0.6 is 0 Å². The number of amides is 1. The Hall–Kier alpha value is -1.30. The van der Waals surface area contributed by atoms with Gasteiger partial charge in [0.15, 0.2) is 0 Å². The molecule has 0 radical (unpaired) electrons. The van der Waals surface area contributed by atoms with Crippen molar-refractivity contribution in [1.82, 2.24) is 5.32 Å². The summed E-state index contributed by atoms with van der Waals surface area (Å²) in [5.74, 6) is -0.874. The Morgan fingerprint density at radius 2 is 2.11 bits per heavy atom. The van der Waals surface area contributed by atoms with Crippen molar-refractivity contribution in [1.29, 1.82) is 0 Å². The minimum Gasteiger partial charge on any atom is -0.480 e. The molecule has 104 valence electrons. The number of aliphatic carboxylic acids is 1. The zero-order chi connectivity index (χ0) is 14.0. The number of ether oxygens (including phenoxy) is 1. The highest BCUT2D eigenvalue weighted by atomic mass is 16.6. The Labute approximate surface area is 107 Å². The number of carboxylic acid groups (broad SMARTS) is 1. The lowest BCUT2D eigenvalue weighted by Crippen LogP contribution is -2.46. The lowest BCUT2D eigenvalue weighted by molar-refractivity contribution is -0.143. The summed E-state index contributed by atoms with van der Waals surface area (Å²) in [5.41, 5.74) is 4.09. The summed E-state index contributed by atoms with van der Waals surface area (Å²) < 4.78 is 5.10. The first-order chi connectivity index (χ1) is 8.12. The summed E-state index contributed by atoms with van der Waals surface area (Å²) in [5, 5.41) is 11.6. The number of alkyl carbamates (subject to hydrolysis) is 1. The normalized spacial score (nSPS) is 27.9. The topological polar surface area (TPSA) is 102 Å². The van der Waals surface area contributed by atoms with Gasteiger partial charge in [0.05, 0.1) is 0 Å². The minimum atomic E-state index is -1.14. The first-order valence-electron chi connectivity index (χ1n) is 6.11. The van der Waals surface area contributed by atoms with E-state index in [0.717, 1.165) is 0 Å². The Morgan fingerprint density at radius 3 is 2.56 bits per heavy atom. The molecule has 1 rings (SSSR count). The van der Waals surface area contributed by atoms with Gasteiger partial charge in [0.2, 0.25) is 0 Å². The quantitative estimate of drug-likeness (QED) is 0.703. The average Bonchev–Trinajstić information content (AvgIpc) is 2.56. The van der Waals surface area contributed by atoms with Gasteiger partial charge in [-0.25, -0.2) is 4.79 Å². The van der Waals surface area contributed by atoms with Crippen LogP contribution in [0.3, 0.4) is 0 Å². The molecule has 6 nitrogen and oxygen atoms in total. The zero-order valence-corrected chi connectivity index (χ0v) is 11.2. The van der Waals surface area contributed by atoms with Gasteiger partial charge in [-0.3, -0.25) is 4.79 Å². The minimum absolute atomic E-state index is 0.0959. The molecule has 1 saturated carbocycles. The molecule has 1 fully saturated rings. The Morgan fingerprint density at radius 1 is 1.50 bits per heavy atom. The van der Waals surface area contributed by atoms with E-state index in [1.165, 1.54) is 0 Å². The molecule has 4 N–H and O–H groups in total. The predicted octanol–water partition coefficient (Wildman–Crippen LogP) is 1.09. The highest BCUT2D eigenvalue weighted by Crippen LogP contribution is 2.32. The first-order valence-corrected chi connectivity index (χ1v) is 6.11. The van der Waals surface area contributed by atoms with E-state index < -0.39 is 23.2 Å². The molecule has 0 aliphatic heterocycles. The number of hydrogen-bond acceptors (Lipinski definition) is 4. The summed E-state index contributed by atoms with van der Waals surface area (Å²) >= 11 is 0. The molecule has 0 saturated heterocycles. The maximum absolute atomic E-state index is 11.4. The molecular formula is C12H22N2O4. The van der Waals surface area contributed by atoms with Crippen molar-refractivity contribution in [3.8, 4) is 0 Å². The van der Waals surface area contributed by atoms with Crippen LogP contribution in [0.5, 0.6) is 0 Å². The number of carbonyl (C=O) groups excluding carboxylic acids is 1. The third-order valence-corrected chi connectivity index (χ3v) is 3.01. The van der Waals surface area contributed by atoms with Crippen LogP contribution in [0.15, 0.2) is 0 Å². The lowest BCUT2D eigenvalue weighted by Gasteiger charge is -2.21. The van der Waals surface area contributed by atoms with Gasteiger partial charge in [-0.2, -0.15) is 0 Å². The summed E-state index contributed by atoms with van der Waals surface area (Å²) in [6.45, 7) is 5.77. The van der Waals surface area contributed by atoms with Crippen LogP contribution in [0.25, 0.3) is 0 Å². The average molecular weight is 258 g/mol. The van der Waals surface area contributed by atoms with Gasteiger partial charge in [-0.1, -0.05) is 0 Å². The van der Waals surface area contributed by atoms with Crippen LogP contribution in [0.4, 0.5) is 4.79 Å². The second kappa shape index (κ2) is 5.14. The van der Waals surface area contributed by atoms with Crippen molar-refractivity contribution in [2.45, 2.75) is 51.2 Å². The molecule has 1 amide bonds. The maximum atomic E-state index is 11.4. The third kappa shape index (κ3) is 4.18. The molecule has 0 bridgehead atoms. The SMILES string of the molecule is CC(C)(C)OC(=O)NCC1CCC(N)(C(=O)O)C1. The monoisotopic (exact) mass is 258 g/mol. The number of carbonyl (C=O) groups is 2. The molecule has 0 aromatic carbocycles. The van der Waals surface area contributed by atoms with Crippen molar-refractivity contribution in [3.63, 3.8) is 0 Å². The molecule has 0 heterocycles. The summed E-state index contributed by atoms with van der Waals surface area (Å²) in [7, 11) is 0. The van der Waals surface area contributed by atoms with Crippen molar-refractivity contribution in [2.75, 3.05) is 6.54 Å². The second-order valence-electron chi connectivity index (χ2n) is 5.95. The smallest absolute Gasteiger partial charge is 0.407 e. The summed E-state index contributed by atoms with van der Waals surface area (Å²) in [6.07, 6.45) is 1.06. The molecule has 1 aliphatic carbocycles. The molecule has 0 aromatic heterocycles. The molecular weight excluding hydrogens is 236 g/mol. The Kier molecular flexibility index (Phi) is 4.21. The molecule has 18 heavy (non-hydrogen) atoms. The fourth-order valence-electron chi connectivity index (χ4n) is 2.09. The highest BCUT2D eigenvalue weighted by Gasteiger charge is 2.42. The van der Waals surface area contributed by atoms with Crippen LogP contribution in [0.1, 0.15) is 40.0 Å². The van der Waals surface area contributed by atoms with Crippen LogP contribution < -0.4 is 11.1 Å². The second-order valence-corrected chi connectivity index (χ2v) is 5.95. The molecule has 6 heteroatoms. The van der Waals surface area contributed by atoms with Gasteiger partial charge in [-0.15, -0.1) is 0 Å². The Balaban J connectivity index is 2.34. The summed E-state index contributed by atoms with van der Waals surface area (Å²) in [6, 6.07) is 0. The van der Waals surface area contributed by atoms with Gasteiger partial charge in [-0.05, 0) is 46.0 Å². The number of hydrogen-bond donors (Lipinski definition) is 3. The van der Waals surface area contributed by atoms with E-state index in [9.17, 15) is 9.59 Å². The number of nitrogens with two attached hydrogens (primary N) is 1. The van der Waals surface area contributed by atoms with Gasteiger partial charge < -0.3 is 20.9 Å². The van der Waals surface area contributed by atoms with E-state index >= 15 is 0 Å². The predicted molar refractivity (Wildman–Crippen MR) is 66.1 cm³/mol.